The second kappa shape index (κ2) is 6.50. The van der Waals surface area contributed by atoms with Crippen LogP contribution in [0.15, 0.2) is 70.9 Å². The van der Waals surface area contributed by atoms with Gasteiger partial charge in [0, 0.05) is 24.6 Å². The van der Waals surface area contributed by atoms with E-state index in [1.807, 2.05) is 12.1 Å². The number of rotatable bonds is 4. The third kappa shape index (κ3) is 2.87. The van der Waals surface area contributed by atoms with Gasteiger partial charge in [-0.25, -0.2) is 8.42 Å². The van der Waals surface area contributed by atoms with E-state index in [1.54, 1.807) is 24.3 Å². The number of hydrogen-bond donors (Lipinski definition) is 1. The molecule has 1 heterocycles. The van der Waals surface area contributed by atoms with E-state index in [-0.39, 0.29) is 28.5 Å². The molecule has 0 amide bonds. The highest BCUT2D eigenvalue weighted by molar-refractivity contribution is 7.89. The van der Waals surface area contributed by atoms with Crippen molar-refractivity contribution in [2.24, 2.45) is 5.73 Å². The van der Waals surface area contributed by atoms with Crippen molar-refractivity contribution in [3.05, 3.63) is 81.7 Å². The molecule has 9 heteroatoms. The van der Waals surface area contributed by atoms with Crippen LogP contribution in [0.5, 0.6) is 0 Å². The van der Waals surface area contributed by atoms with Crippen LogP contribution >= 0.6 is 0 Å². The Morgan fingerprint density at radius 2 is 1.77 bits per heavy atom. The largest absolute Gasteiger partial charge is 0.384 e. The maximum Gasteiger partial charge on any atom is 0.269 e. The molecule has 3 rings (SSSR count). The molecule has 132 valence electrons. The van der Waals surface area contributed by atoms with Gasteiger partial charge in [-0.05, 0) is 17.7 Å². The summed E-state index contributed by atoms with van der Waals surface area (Å²) in [7, 11) is -4.04. The lowest BCUT2D eigenvalue weighted by atomic mass is 9.94. The number of nitro groups is 1. The summed E-state index contributed by atoms with van der Waals surface area (Å²) in [5.41, 5.74) is 6.71. The SMILES string of the molecule is N#CC1=C(N)N(S(=O)(=O)c2ccc([N+](=O)[O-])cc2)C[C@@H]1c1ccccc1. The summed E-state index contributed by atoms with van der Waals surface area (Å²) in [6.07, 6.45) is 0. The second-order valence-corrected chi connectivity index (χ2v) is 7.52. The van der Waals surface area contributed by atoms with Crippen molar-refractivity contribution in [1.82, 2.24) is 4.31 Å². The Morgan fingerprint density at radius 1 is 1.15 bits per heavy atom. The monoisotopic (exact) mass is 370 g/mol. The van der Waals surface area contributed by atoms with E-state index in [4.69, 9.17) is 5.73 Å². The Morgan fingerprint density at radius 3 is 2.31 bits per heavy atom. The van der Waals surface area contributed by atoms with E-state index in [9.17, 15) is 23.8 Å². The number of non-ortho nitro benzene ring substituents is 1. The second-order valence-electron chi connectivity index (χ2n) is 5.66. The van der Waals surface area contributed by atoms with Gasteiger partial charge in [-0.2, -0.15) is 5.26 Å². The number of benzene rings is 2. The maximum atomic E-state index is 12.9. The highest BCUT2D eigenvalue weighted by atomic mass is 32.2. The average molecular weight is 370 g/mol. The molecule has 0 saturated carbocycles. The molecule has 0 spiro atoms. The zero-order valence-electron chi connectivity index (χ0n) is 13.4. The summed E-state index contributed by atoms with van der Waals surface area (Å²) in [4.78, 5) is 9.99. The van der Waals surface area contributed by atoms with Crippen LogP contribution in [0.3, 0.4) is 0 Å². The van der Waals surface area contributed by atoms with Crippen molar-refractivity contribution in [2.75, 3.05) is 6.54 Å². The molecule has 1 aliphatic heterocycles. The number of nitriles is 1. The normalized spacial score (nSPS) is 17.2. The van der Waals surface area contributed by atoms with Gasteiger partial charge in [-0.1, -0.05) is 30.3 Å². The average Bonchev–Trinajstić information content (AvgIpc) is 2.99. The Hall–Kier alpha value is -3.38. The summed E-state index contributed by atoms with van der Waals surface area (Å²) in [5, 5.41) is 20.2. The van der Waals surface area contributed by atoms with Crippen LogP contribution in [0.25, 0.3) is 0 Å². The molecule has 0 unspecified atom stereocenters. The predicted octanol–water partition coefficient (Wildman–Crippen LogP) is 2.08. The van der Waals surface area contributed by atoms with Crippen LogP contribution in [0, 0.1) is 21.4 Å². The van der Waals surface area contributed by atoms with Gasteiger partial charge in [0.15, 0.2) is 0 Å². The zero-order chi connectivity index (χ0) is 18.9. The molecule has 1 aliphatic rings. The quantitative estimate of drug-likeness (QED) is 0.647. The van der Waals surface area contributed by atoms with E-state index < -0.39 is 20.9 Å². The van der Waals surface area contributed by atoms with Crippen molar-refractivity contribution in [3.63, 3.8) is 0 Å². The van der Waals surface area contributed by atoms with Crippen LogP contribution in [0.4, 0.5) is 5.69 Å². The molecule has 2 aromatic carbocycles. The Kier molecular flexibility index (Phi) is 4.36. The fourth-order valence-electron chi connectivity index (χ4n) is 2.86. The molecule has 0 radical (unpaired) electrons. The first-order valence-electron chi connectivity index (χ1n) is 7.58. The third-order valence-corrected chi connectivity index (χ3v) is 5.99. The van der Waals surface area contributed by atoms with E-state index in [0.717, 1.165) is 34.1 Å². The lowest BCUT2D eigenvalue weighted by Crippen LogP contribution is -2.32. The first kappa shape index (κ1) is 17.4. The molecule has 0 bridgehead atoms. The van der Waals surface area contributed by atoms with Gasteiger partial charge in [-0.15, -0.1) is 0 Å². The van der Waals surface area contributed by atoms with Gasteiger partial charge in [-0.3, -0.25) is 14.4 Å². The Balaban J connectivity index is 2.00. The molecule has 0 aromatic heterocycles. The van der Waals surface area contributed by atoms with Gasteiger partial charge in [0.25, 0.3) is 15.7 Å². The fraction of sp³-hybridized carbons (Fsp3) is 0.118. The summed E-state index contributed by atoms with van der Waals surface area (Å²) in [6.45, 7) is -0.00192. The molecule has 26 heavy (non-hydrogen) atoms. The molecule has 0 aliphatic carbocycles. The number of nitrogens with two attached hydrogens (primary N) is 1. The minimum atomic E-state index is -4.04. The summed E-state index contributed by atoms with van der Waals surface area (Å²) >= 11 is 0. The maximum absolute atomic E-state index is 12.9. The van der Waals surface area contributed by atoms with Gasteiger partial charge >= 0.3 is 0 Å². The Labute approximate surface area is 150 Å². The molecular weight excluding hydrogens is 356 g/mol. The lowest BCUT2D eigenvalue weighted by Gasteiger charge is -2.20. The molecule has 8 nitrogen and oxygen atoms in total. The predicted molar refractivity (Wildman–Crippen MR) is 93.0 cm³/mol. The fourth-order valence-corrected chi connectivity index (χ4v) is 4.29. The van der Waals surface area contributed by atoms with E-state index in [0.29, 0.717) is 0 Å². The van der Waals surface area contributed by atoms with Crippen LogP contribution < -0.4 is 5.73 Å². The molecular formula is C17H14N4O4S. The van der Waals surface area contributed by atoms with E-state index in [2.05, 4.69) is 0 Å². The molecule has 2 aromatic rings. The zero-order valence-corrected chi connectivity index (χ0v) is 14.3. The smallest absolute Gasteiger partial charge is 0.269 e. The minimum Gasteiger partial charge on any atom is -0.384 e. The standard InChI is InChI=1S/C17H14N4O4S/c18-10-15-16(12-4-2-1-3-5-12)11-20(17(15)19)26(24,25)14-8-6-13(7-9-14)21(22)23/h1-9,16H,11,19H2/t16-/m1/s1. The number of sulfonamides is 1. The topological polar surface area (TPSA) is 130 Å². The number of nitro benzene ring substituents is 1. The van der Waals surface area contributed by atoms with Gasteiger partial charge in [0.05, 0.1) is 21.5 Å². The van der Waals surface area contributed by atoms with E-state index >= 15 is 0 Å². The van der Waals surface area contributed by atoms with Crippen molar-refractivity contribution < 1.29 is 13.3 Å². The molecule has 0 fully saturated rings. The Bertz CT molecular complexity index is 1020. The van der Waals surface area contributed by atoms with Crippen LogP contribution in [0.1, 0.15) is 11.5 Å². The van der Waals surface area contributed by atoms with Crippen LogP contribution in [0.2, 0.25) is 0 Å². The van der Waals surface area contributed by atoms with Gasteiger partial charge in [0.2, 0.25) is 0 Å². The van der Waals surface area contributed by atoms with Crippen LogP contribution in [-0.4, -0.2) is 24.2 Å². The van der Waals surface area contributed by atoms with Gasteiger partial charge < -0.3 is 5.73 Å². The summed E-state index contributed by atoms with van der Waals surface area (Å²) in [6, 6.07) is 15.6. The first-order valence-corrected chi connectivity index (χ1v) is 9.02. The van der Waals surface area contributed by atoms with Crippen molar-refractivity contribution in [2.45, 2.75) is 10.8 Å². The number of hydrogen-bond acceptors (Lipinski definition) is 6. The van der Waals surface area contributed by atoms with Crippen LogP contribution in [-0.2, 0) is 10.0 Å². The highest BCUT2D eigenvalue weighted by Crippen LogP contribution is 2.36. The lowest BCUT2D eigenvalue weighted by molar-refractivity contribution is -0.384. The van der Waals surface area contributed by atoms with E-state index in [1.165, 1.54) is 0 Å². The van der Waals surface area contributed by atoms with Gasteiger partial charge in [0.1, 0.15) is 5.82 Å². The highest BCUT2D eigenvalue weighted by Gasteiger charge is 2.38. The van der Waals surface area contributed by atoms with Crippen molar-refractivity contribution >= 4 is 15.7 Å². The van der Waals surface area contributed by atoms with Crippen molar-refractivity contribution in [3.8, 4) is 6.07 Å². The summed E-state index contributed by atoms with van der Waals surface area (Å²) in [5.74, 6) is -0.589. The molecule has 2 N–H and O–H groups in total. The third-order valence-electron chi connectivity index (χ3n) is 4.20. The first-order chi connectivity index (χ1) is 12.4. The minimum absolute atomic E-state index is 0.00192. The van der Waals surface area contributed by atoms with Crippen molar-refractivity contribution in [1.29, 1.82) is 5.26 Å². The molecule has 0 saturated heterocycles. The summed E-state index contributed by atoms with van der Waals surface area (Å²) < 4.78 is 26.8. The molecule has 1 atom stereocenters. The number of nitrogens with zero attached hydrogens (tertiary/aromatic N) is 3.